The lowest BCUT2D eigenvalue weighted by Crippen LogP contribution is -2.37. The van der Waals surface area contributed by atoms with Crippen molar-refractivity contribution in [2.75, 3.05) is 0 Å². The highest BCUT2D eigenvalue weighted by Crippen LogP contribution is 2.30. The standard InChI is InChI=1S/C15H24N2O/c16-11-10-13-4-7-14(8-5-13)17-15(18)9-6-12-2-1-3-12/h12-14H,1-10H2,(H,17,18). The molecule has 0 saturated heterocycles. The fraction of sp³-hybridized carbons (Fsp3) is 0.867. The van der Waals surface area contributed by atoms with Gasteiger partial charge in [0.1, 0.15) is 0 Å². The van der Waals surface area contributed by atoms with Gasteiger partial charge in [0.15, 0.2) is 0 Å². The second kappa shape index (κ2) is 6.78. The number of rotatable bonds is 5. The summed E-state index contributed by atoms with van der Waals surface area (Å²) in [7, 11) is 0. The first-order chi connectivity index (χ1) is 8.78. The molecule has 0 spiro atoms. The van der Waals surface area contributed by atoms with Gasteiger partial charge in [-0.25, -0.2) is 0 Å². The zero-order valence-electron chi connectivity index (χ0n) is 11.2. The minimum absolute atomic E-state index is 0.241. The average Bonchev–Trinajstić information content (AvgIpc) is 2.30. The van der Waals surface area contributed by atoms with Crippen LogP contribution in [0.5, 0.6) is 0 Å². The summed E-state index contributed by atoms with van der Waals surface area (Å²) in [6.45, 7) is 0. The third-order valence-electron chi connectivity index (χ3n) is 4.60. The maximum absolute atomic E-state index is 11.8. The molecule has 3 heteroatoms. The van der Waals surface area contributed by atoms with Crippen molar-refractivity contribution in [1.82, 2.24) is 5.32 Å². The van der Waals surface area contributed by atoms with Gasteiger partial charge in [-0.2, -0.15) is 5.26 Å². The molecular weight excluding hydrogens is 224 g/mol. The SMILES string of the molecule is N#CCC1CCC(NC(=O)CCC2CCC2)CC1. The van der Waals surface area contributed by atoms with Crippen LogP contribution in [0.4, 0.5) is 0 Å². The lowest BCUT2D eigenvalue weighted by molar-refractivity contribution is -0.122. The third-order valence-corrected chi connectivity index (χ3v) is 4.60. The quantitative estimate of drug-likeness (QED) is 0.812. The second-order valence-electron chi connectivity index (χ2n) is 5.98. The monoisotopic (exact) mass is 248 g/mol. The Balaban J connectivity index is 1.58. The molecule has 18 heavy (non-hydrogen) atoms. The summed E-state index contributed by atoms with van der Waals surface area (Å²) in [5, 5.41) is 11.8. The van der Waals surface area contributed by atoms with Crippen LogP contribution in [0.2, 0.25) is 0 Å². The minimum atomic E-state index is 0.241. The van der Waals surface area contributed by atoms with Gasteiger partial charge in [0, 0.05) is 18.9 Å². The fourth-order valence-electron chi connectivity index (χ4n) is 3.06. The lowest BCUT2D eigenvalue weighted by Gasteiger charge is -2.29. The molecule has 0 aromatic carbocycles. The number of nitrogens with zero attached hydrogens (tertiary/aromatic N) is 1. The Morgan fingerprint density at radius 3 is 2.39 bits per heavy atom. The van der Waals surface area contributed by atoms with Crippen molar-refractivity contribution >= 4 is 5.91 Å². The summed E-state index contributed by atoms with van der Waals surface area (Å²) >= 11 is 0. The Labute approximate surface area is 110 Å². The highest BCUT2D eigenvalue weighted by molar-refractivity contribution is 5.76. The molecule has 2 saturated carbocycles. The van der Waals surface area contributed by atoms with Gasteiger partial charge in [0.25, 0.3) is 0 Å². The topological polar surface area (TPSA) is 52.9 Å². The molecule has 2 fully saturated rings. The molecular formula is C15H24N2O. The van der Waals surface area contributed by atoms with E-state index in [1.54, 1.807) is 0 Å². The van der Waals surface area contributed by atoms with Crippen LogP contribution in [0.25, 0.3) is 0 Å². The van der Waals surface area contributed by atoms with Gasteiger partial charge < -0.3 is 5.32 Å². The molecule has 0 aromatic heterocycles. The molecule has 0 aromatic rings. The summed E-state index contributed by atoms with van der Waals surface area (Å²) in [4.78, 5) is 11.8. The van der Waals surface area contributed by atoms with Crippen molar-refractivity contribution in [3.05, 3.63) is 0 Å². The van der Waals surface area contributed by atoms with Crippen LogP contribution in [0.1, 0.15) is 64.2 Å². The van der Waals surface area contributed by atoms with E-state index in [0.29, 0.717) is 24.8 Å². The minimum Gasteiger partial charge on any atom is -0.353 e. The molecule has 0 aliphatic heterocycles. The van der Waals surface area contributed by atoms with E-state index in [9.17, 15) is 4.79 Å². The van der Waals surface area contributed by atoms with Gasteiger partial charge in [-0.15, -0.1) is 0 Å². The maximum Gasteiger partial charge on any atom is 0.220 e. The van der Waals surface area contributed by atoms with Crippen molar-refractivity contribution in [2.24, 2.45) is 11.8 Å². The van der Waals surface area contributed by atoms with E-state index in [1.165, 1.54) is 19.3 Å². The van der Waals surface area contributed by atoms with E-state index in [-0.39, 0.29) is 5.91 Å². The summed E-state index contributed by atoms with van der Waals surface area (Å²) in [6.07, 6.45) is 10.8. The Hall–Kier alpha value is -1.04. The van der Waals surface area contributed by atoms with Crippen molar-refractivity contribution < 1.29 is 4.79 Å². The fourth-order valence-corrected chi connectivity index (χ4v) is 3.06. The van der Waals surface area contributed by atoms with E-state index in [1.807, 2.05) is 0 Å². The van der Waals surface area contributed by atoms with E-state index < -0.39 is 0 Å². The first-order valence-electron chi connectivity index (χ1n) is 7.44. The van der Waals surface area contributed by atoms with Gasteiger partial charge >= 0.3 is 0 Å². The van der Waals surface area contributed by atoms with Gasteiger partial charge in [0.2, 0.25) is 5.91 Å². The van der Waals surface area contributed by atoms with Crippen molar-refractivity contribution in [1.29, 1.82) is 5.26 Å². The Kier molecular flexibility index (Phi) is 5.04. The number of nitrogens with one attached hydrogen (secondary N) is 1. The van der Waals surface area contributed by atoms with Crippen molar-refractivity contribution in [3.63, 3.8) is 0 Å². The Bertz CT molecular complexity index is 309. The molecule has 0 heterocycles. The van der Waals surface area contributed by atoms with Crippen LogP contribution in [0.15, 0.2) is 0 Å². The zero-order chi connectivity index (χ0) is 12.8. The average molecular weight is 248 g/mol. The smallest absolute Gasteiger partial charge is 0.220 e. The number of carbonyl (C=O) groups excluding carboxylic acids is 1. The third kappa shape index (κ3) is 4.01. The summed E-state index contributed by atoms with van der Waals surface area (Å²) in [5.41, 5.74) is 0. The molecule has 3 nitrogen and oxygen atoms in total. The van der Waals surface area contributed by atoms with Crippen LogP contribution in [-0.2, 0) is 4.79 Å². The molecule has 1 N–H and O–H groups in total. The summed E-state index contributed by atoms with van der Waals surface area (Å²) in [5.74, 6) is 1.63. The second-order valence-corrected chi connectivity index (χ2v) is 5.98. The Morgan fingerprint density at radius 1 is 1.11 bits per heavy atom. The van der Waals surface area contributed by atoms with E-state index in [0.717, 1.165) is 38.0 Å². The van der Waals surface area contributed by atoms with Crippen LogP contribution in [-0.4, -0.2) is 11.9 Å². The van der Waals surface area contributed by atoms with Gasteiger partial charge in [-0.05, 0) is 43.9 Å². The van der Waals surface area contributed by atoms with E-state index >= 15 is 0 Å². The van der Waals surface area contributed by atoms with Crippen LogP contribution in [0, 0.1) is 23.2 Å². The molecule has 2 aliphatic carbocycles. The number of amides is 1. The van der Waals surface area contributed by atoms with E-state index in [2.05, 4.69) is 11.4 Å². The Morgan fingerprint density at radius 2 is 1.83 bits per heavy atom. The predicted octanol–water partition coefficient (Wildman–Crippen LogP) is 3.16. The molecule has 0 unspecified atom stereocenters. The maximum atomic E-state index is 11.8. The molecule has 1 amide bonds. The lowest BCUT2D eigenvalue weighted by atomic mass is 9.82. The molecule has 100 valence electrons. The summed E-state index contributed by atoms with van der Waals surface area (Å²) in [6, 6.07) is 2.62. The molecule has 2 rings (SSSR count). The van der Waals surface area contributed by atoms with Crippen LogP contribution >= 0.6 is 0 Å². The predicted molar refractivity (Wildman–Crippen MR) is 70.7 cm³/mol. The van der Waals surface area contributed by atoms with Crippen LogP contribution < -0.4 is 5.32 Å². The number of nitriles is 1. The number of carbonyl (C=O) groups is 1. The van der Waals surface area contributed by atoms with E-state index in [4.69, 9.17) is 5.26 Å². The molecule has 0 bridgehead atoms. The first kappa shape index (κ1) is 13.4. The van der Waals surface area contributed by atoms with Crippen LogP contribution in [0.3, 0.4) is 0 Å². The normalized spacial score (nSPS) is 28.2. The van der Waals surface area contributed by atoms with Crippen molar-refractivity contribution in [2.45, 2.75) is 70.3 Å². The number of hydrogen-bond acceptors (Lipinski definition) is 2. The highest BCUT2D eigenvalue weighted by atomic mass is 16.1. The van der Waals surface area contributed by atoms with Gasteiger partial charge in [0.05, 0.1) is 6.07 Å². The highest BCUT2D eigenvalue weighted by Gasteiger charge is 2.23. The largest absolute Gasteiger partial charge is 0.353 e. The van der Waals surface area contributed by atoms with Gasteiger partial charge in [-0.3, -0.25) is 4.79 Å². The summed E-state index contributed by atoms with van der Waals surface area (Å²) < 4.78 is 0. The zero-order valence-corrected chi connectivity index (χ0v) is 11.2. The molecule has 2 aliphatic rings. The molecule has 0 radical (unpaired) electrons. The van der Waals surface area contributed by atoms with Crippen molar-refractivity contribution in [3.8, 4) is 6.07 Å². The molecule has 0 atom stereocenters. The first-order valence-corrected chi connectivity index (χ1v) is 7.44. The van der Waals surface area contributed by atoms with Gasteiger partial charge in [-0.1, -0.05) is 19.3 Å². The number of hydrogen-bond donors (Lipinski definition) is 1.